The Labute approximate surface area is 325 Å². The van der Waals surface area contributed by atoms with Crippen LogP contribution in [0.2, 0.25) is 0 Å². The summed E-state index contributed by atoms with van der Waals surface area (Å²) in [6.07, 6.45) is -2.23. The monoisotopic (exact) mass is 804 g/mol. The average molecular weight is 805 g/mol. The molecule has 12 N–H and O–H groups in total. The number of amides is 7. The number of rotatable bonds is 5. The molecule has 10 atom stereocenters. The number of aliphatic hydroxyl groups excluding tert-OH is 4. The number of fused-ring (bicyclic) bond motifs is 5. The van der Waals surface area contributed by atoms with Crippen LogP contribution in [0.15, 0.2) is 30.3 Å². The van der Waals surface area contributed by atoms with Crippen LogP contribution in [0.25, 0.3) is 5.57 Å². The molecule has 0 aromatic heterocycles. The van der Waals surface area contributed by atoms with Crippen molar-refractivity contribution in [3.8, 4) is 0 Å². The van der Waals surface area contributed by atoms with Crippen LogP contribution in [0.1, 0.15) is 39.2 Å². The van der Waals surface area contributed by atoms with Crippen molar-refractivity contribution < 1.29 is 59.1 Å². The maximum absolute atomic E-state index is 14.3. The third-order valence-corrected chi connectivity index (χ3v) is 11.2. The van der Waals surface area contributed by atoms with Crippen molar-refractivity contribution in [3.05, 3.63) is 35.9 Å². The second kappa shape index (κ2) is 17.6. The first-order chi connectivity index (χ1) is 26.4. The third-order valence-electron chi connectivity index (χ3n) is 10.0. The minimum atomic E-state index is -2.30. The van der Waals surface area contributed by atoms with Crippen molar-refractivity contribution in [1.29, 1.82) is 0 Å². The molecule has 4 aliphatic rings. The molecule has 0 aliphatic carbocycles. The van der Waals surface area contributed by atoms with Gasteiger partial charge < -0.3 is 67.7 Å². The molecule has 4 aliphatic heterocycles. The Hall–Kier alpha value is -4.80. The molecule has 7 amide bonds. The highest BCUT2D eigenvalue weighted by molar-refractivity contribution is 8.00. The smallest absolute Gasteiger partial charge is 0.247 e. The zero-order valence-corrected chi connectivity index (χ0v) is 31.7. The molecule has 1 aromatic carbocycles. The SMILES string of the molecule is C[C@@H]1NC(=O)[C@H](CC(O)(CO)CO)NC(=O)[C@@H]2/C=C3\c4ccccc4NC3SC[C@H](NC(=O)[C@@H]([C@H](C)O)NC1=O)C(=O)N1C[C@H](O)C[C@H]1C(=O)N[C@@H](C)C(=O)N2. The lowest BCUT2D eigenvalue weighted by Crippen LogP contribution is -2.62. The van der Waals surface area contributed by atoms with Gasteiger partial charge in [0.15, 0.2) is 0 Å². The van der Waals surface area contributed by atoms with Crippen LogP contribution in [0, 0.1) is 0 Å². The molecular formula is C35H48N8O12S. The van der Waals surface area contributed by atoms with E-state index in [4.69, 9.17) is 0 Å². The number of benzene rings is 1. The van der Waals surface area contributed by atoms with Crippen molar-refractivity contribution in [2.24, 2.45) is 0 Å². The number of nitrogens with one attached hydrogen (secondary N) is 7. The van der Waals surface area contributed by atoms with Gasteiger partial charge in [0, 0.05) is 36.4 Å². The number of carbonyl (C=O) groups is 7. The van der Waals surface area contributed by atoms with Crippen molar-refractivity contribution >= 4 is 64.4 Å². The fraction of sp³-hybridized carbons (Fsp3) is 0.571. The van der Waals surface area contributed by atoms with Crippen LogP contribution < -0.4 is 37.2 Å². The lowest BCUT2D eigenvalue weighted by Gasteiger charge is -2.31. The van der Waals surface area contributed by atoms with Gasteiger partial charge in [0.25, 0.3) is 0 Å². The molecule has 1 saturated heterocycles. The maximum Gasteiger partial charge on any atom is 0.247 e. The molecule has 21 heteroatoms. The topological polar surface area (TPSA) is 308 Å². The van der Waals surface area contributed by atoms with Gasteiger partial charge in [-0.1, -0.05) is 18.2 Å². The first-order valence-electron chi connectivity index (χ1n) is 18.1. The predicted octanol–water partition coefficient (Wildman–Crippen LogP) is -5.02. The van der Waals surface area contributed by atoms with E-state index in [9.17, 15) is 59.1 Å². The maximum atomic E-state index is 14.3. The van der Waals surface area contributed by atoms with Gasteiger partial charge in [0.2, 0.25) is 41.4 Å². The van der Waals surface area contributed by atoms with Crippen LogP contribution in [-0.2, 0) is 33.6 Å². The highest BCUT2D eigenvalue weighted by Crippen LogP contribution is 2.40. The number of para-hydroxylation sites is 1. The minimum Gasteiger partial charge on any atom is -0.393 e. The van der Waals surface area contributed by atoms with Crippen molar-refractivity contribution in [2.45, 2.75) is 99.1 Å². The summed E-state index contributed by atoms with van der Waals surface area (Å²) in [5.41, 5.74) is -0.650. The van der Waals surface area contributed by atoms with Crippen LogP contribution in [0.3, 0.4) is 0 Å². The molecule has 5 rings (SSSR count). The van der Waals surface area contributed by atoms with Gasteiger partial charge in [-0.3, -0.25) is 33.6 Å². The molecule has 0 radical (unpaired) electrons. The summed E-state index contributed by atoms with van der Waals surface area (Å²) < 4.78 is 0. The van der Waals surface area contributed by atoms with E-state index in [0.717, 1.165) is 16.7 Å². The van der Waals surface area contributed by atoms with Crippen molar-refractivity contribution in [2.75, 3.05) is 30.8 Å². The Morgan fingerprint density at radius 2 is 1.46 bits per heavy atom. The van der Waals surface area contributed by atoms with Gasteiger partial charge in [-0.2, -0.15) is 0 Å². The second-order valence-electron chi connectivity index (χ2n) is 14.5. The Morgan fingerprint density at radius 1 is 0.821 bits per heavy atom. The van der Waals surface area contributed by atoms with E-state index in [-0.39, 0.29) is 18.7 Å². The molecule has 20 nitrogen and oxygen atoms in total. The van der Waals surface area contributed by atoms with Gasteiger partial charge in [0.05, 0.1) is 30.8 Å². The fourth-order valence-corrected chi connectivity index (χ4v) is 7.98. The first-order valence-corrected chi connectivity index (χ1v) is 19.1. The molecule has 1 fully saturated rings. The molecular weight excluding hydrogens is 756 g/mol. The van der Waals surface area contributed by atoms with Crippen LogP contribution in [0.4, 0.5) is 5.69 Å². The highest BCUT2D eigenvalue weighted by atomic mass is 32.2. The normalized spacial score (nSPS) is 32.4. The summed E-state index contributed by atoms with van der Waals surface area (Å²) in [5, 5.41) is 69.2. The molecule has 2 bridgehead atoms. The van der Waals surface area contributed by atoms with Crippen LogP contribution in [-0.4, -0.2) is 163 Å². The van der Waals surface area contributed by atoms with E-state index in [1.807, 2.05) is 0 Å². The average Bonchev–Trinajstić information content (AvgIpc) is 3.73. The van der Waals surface area contributed by atoms with Crippen molar-refractivity contribution in [3.63, 3.8) is 0 Å². The second-order valence-corrected chi connectivity index (χ2v) is 15.6. The fourth-order valence-electron chi connectivity index (χ4n) is 6.77. The first kappa shape index (κ1) is 42.3. The van der Waals surface area contributed by atoms with Gasteiger partial charge in [-0.25, -0.2) is 0 Å². The van der Waals surface area contributed by atoms with E-state index < -0.39 is 126 Å². The quantitative estimate of drug-likeness (QED) is 0.133. The number of hydrogen-bond donors (Lipinski definition) is 12. The van der Waals surface area contributed by atoms with Crippen LogP contribution in [0.5, 0.6) is 0 Å². The van der Waals surface area contributed by atoms with Gasteiger partial charge in [-0.05, 0) is 38.5 Å². The Morgan fingerprint density at radius 3 is 2.12 bits per heavy atom. The summed E-state index contributed by atoms with van der Waals surface area (Å²) in [5.74, 6) is -6.66. The highest BCUT2D eigenvalue weighted by Gasteiger charge is 2.44. The van der Waals surface area contributed by atoms with Gasteiger partial charge in [-0.15, -0.1) is 11.8 Å². The van der Waals surface area contributed by atoms with Gasteiger partial charge >= 0.3 is 0 Å². The largest absolute Gasteiger partial charge is 0.393 e. The standard InChI is InChI=1S/C35H48N8O12S/c1-15-27(48)38-22-9-20-19-6-4-5-7-21(19)41-33(20)56-12-24(34(54)43-11-18(47)8-25(43)31(52)37-15)40-32(53)26(17(3)46)42-28(49)16(2)36-30(51)23(39-29(22)50)10-35(55,13-44)14-45/h4-7,9,15-18,22-26,33,41,44-47,55H,8,10-14H2,1-3H3,(H,36,51)(H,37,52)(H,38,48)(H,39,50)(H,40,53)(H,42,49)/b20-9+/t15-,16-,17-,18+,22-,23-,24-,25-,26+,33?/m0/s1. The summed E-state index contributed by atoms with van der Waals surface area (Å²) >= 11 is 1.11. The van der Waals surface area contributed by atoms with E-state index >= 15 is 0 Å². The molecule has 56 heavy (non-hydrogen) atoms. The van der Waals surface area contributed by atoms with Crippen LogP contribution >= 0.6 is 11.8 Å². The molecule has 1 unspecified atom stereocenters. The molecule has 306 valence electrons. The summed E-state index contributed by atoms with van der Waals surface area (Å²) in [6, 6.07) is -3.48. The number of aliphatic hydroxyl groups is 5. The van der Waals surface area contributed by atoms with E-state index in [1.54, 1.807) is 24.3 Å². The number of thioether (sulfide) groups is 1. The number of nitrogens with zero attached hydrogens (tertiary/aromatic N) is 1. The zero-order chi connectivity index (χ0) is 41.1. The molecule has 0 saturated carbocycles. The molecule has 1 aromatic rings. The van der Waals surface area contributed by atoms with Crippen molar-refractivity contribution in [1.82, 2.24) is 36.8 Å². The molecule has 0 spiro atoms. The van der Waals surface area contributed by atoms with E-state index in [0.29, 0.717) is 16.8 Å². The lowest BCUT2D eigenvalue weighted by molar-refractivity contribution is -0.142. The number of carbonyl (C=O) groups excluding carboxylic acids is 7. The Bertz CT molecular complexity index is 1760. The van der Waals surface area contributed by atoms with E-state index in [2.05, 4.69) is 37.2 Å². The Kier molecular flexibility index (Phi) is 13.3. The number of hydrogen-bond acceptors (Lipinski definition) is 14. The molecule has 4 heterocycles. The third kappa shape index (κ3) is 9.41. The summed E-state index contributed by atoms with van der Waals surface area (Å²) in [4.78, 5) is 97.9. The summed E-state index contributed by atoms with van der Waals surface area (Å²) in [6.45, 7) is 1.41. The summed E-state index contributed by atoms with van der Waals surface area (Å²) in [7, 11) is 0. The zero-order valence-electron chi connectivity index (χ0n) is 30.9. The predicted molar refractivity (Wildman–Crippen MR) is 199 cm³/mol. The lowest BCUT2D eigenvalue weighted by atomic mass is 9.95. The van der Waals surface area contributed by atoms with Gasteiger partial charge in [0.1, 0.15) is 47.9 Å². The number of anilines is 1. The minimum absolute atomic E-state index is 0.177. The Balaban J connectivity index is 1.68. The van der Waals surface area contributed by atoms with E-state index in [1.165, 1.54) is 26.8 Å².